The first-order chi connectivity index (χ1) is 13.8. The van der Waals surface area contributed by atoms with E-state index < -0.39 is 31.1 Å². The Morgan fingerprint density at radius 2 is 1.93 bits per heavy atom. The number of fused-ring (bicyclic) bond motifs is 1. The molecule has 0 unspecified atom stereocenters. The molecule has 2 aromatic rings. The lowest BCUT2D eigenvalue weighted by atomic mass is 10.1. The zero-order chi connectivity index (χ0) is 21.1. The average molecular weight is 403 g/mol. The molecule has 29 heavy (non-hydrogen) atoms. The monoisotopic (exact) mass is 403 g/mol. The molecule has 4 atom stereocenters. The number of hydrogen-bond acceptors (Lipinski definition) is 7. The van der Waals surface area contributed by atoms with Gasteiger partial charge in [-0.15, -0.1) is 0 Å². The van der Waals surface area contributed by atoms with E-state index in [1.165, 1.54) is 22.0 Å². The lowest BCUT2D eigenvalue weighted by molar-refractivity contribution is -0.0511. The van der Waals surface area contributed by atoms with Gasteiger partial charge in [0.1, 0.15) is 23.8 Å². The van der Waals surface area contributed by atoms with Gasteiger partial charge in [-0.3, -0.25) is 9.98 Å². The summed E-state index contributed by atoms with van der Waals surface area (Å²) in [6.07, 6.45) is 5.01. The smallest absolute Gasteiger partial charge is 0.167 e. The number of imidazole rings is 1. The molecule has 9 nitrogen and oxygen atoms in total. The van der Waals surface area contributed by atoms with E-state index in [1.807, 2.05) is 0 Å². The van der Waals surface area contributed by atoms with Crippen molar-refractivity contribution in [2.45, 2.75) is 64.7 Å². The van der Waals surface area contributed by atoms with E-state index >= 15 is 0 Å². The van der Waals surface area contributed by atoms with Crippen LogP contribution in [-0.4, -0.2) is 59.3 Å². The largest absolute Gasteiger partial charge is 0.394 e. The van der Waals surface area contributed by atoms with Gasteiger partial charge in [-0.2, -0.15) is 0 Å². The highest BCUT2D eigenvalue weighted by molar-refractivity contribution is 5.68. The van der Waals surface area contributed by atoms with Crippen LogP contribution in [-0.2, 0) is 11.3 Å². The van der Waals surface area contributed by atoms with E-state index in [0.717, 1.165) is 12.8 Å². The third-order valence-electron chi connectivity index (χ3n) is 5.12. The number of aliphatic hydroxyl groups excluding tert-OH is 3. The number of nitrogens with zero attached hydrogens (tertiary/aromatic N) is 4. The van der Waals surface area contributed by atoms with Crippen molar-refractivity contribution in [2.24, 2.45) is 0 Å². The molecule has 1 aliphatic rings. The van der Waals surface area contributed by atoms with Gasteiger partial charge in [-0.05, 0) is 33.6 Å². The standard InChI is InChI=1S/C20H29N5O4/c1-12(2)5-4-6-13(3)7-8-24-10-23-19-15(18(24)21)22-11-25(19)20-17(28)16(27)14(9-26)29-20/h5,7,10-11,14,16-17,20-21,26-28H,4,6,8-9H2,1-3H3/b13-7+,21-18?/t14-,16-,17-,20-/m1/s1. The topological polar surface area (TPSA) is 129 Å². The maximum absolute atomic E-state index is 10.2. The molecule has 0 amide bonds. The van der Waals surface area contributed by atoms with Gasteiger partial charge in [0.2, 0.25) is 0 Å². The summed E-state index contributed by atoms with van der Waals surface area (Å²) < 4.78 is 8.73. The summed E-state index contributed by atoms with van der Waals surface area (Å²) in [6.45, 7) is 6.36. The molecular weight excluding hydrogens is 374 g/mol. The Hall–Kier alpha value is -2.33. The summed E-state index contributed by atoms with van der Waals surface area (Å²) in [4.78, 5) is 8.65. The number of nitrogens with one attached hydrogen (secondary N) is 1. The molecule has 9 heteroatoms. The lowest BCUT2D eigenvalue weighted by Gasteiger charge is -2.16. The van der Waals surface area contributed by atoms with Crippen molar-refractivity contribution in [3.8, 4) is 0 Å². The van der Waals surface area contributed by atoms with Crippen molar-refractivity contribution in [3.63, 3.8) is 0 Å². The predicted octanol–water partition coefficient (Wildman–Crippen LogP) is 1.02. The second-order valence-electron chi connectivity index (χ2n) is 7.67. The fourth-order valence-corrected chi connectivity index (χ4v) is 3.35. The Labute approximate surface area is 169 Å². The van der Waals surface area contributed by atoms with E-state index in [4.69, 9.17) is 10.1 Å². The minimum atomic E-state index is -1.22. The van der Waals surface area contributed by atoms with Crippen LogP contribution in [0.4, 0.5) is 0 Å². The Kier molecular flexibility index (Phi) is 6.63. The molecule has 1 saturated heterocycles. The van der Waals surface area contributed by atoms with Gasteiger partial charge in [-0.1, -0.05) is 23.3 Å². The van der Waals surface area contributed by atoms with Gasteiger partial charge in [0, 0.05) is 6.54 Å². The van der Waals surface area contributed by atoms with Crippen molar-refractivity contribution in [2.75, 3.05) is 6.61 Å². The van der Waals surface area contributed by atoms with Crippen molar-refractivity contribution in [3.05, 3.63) is 41.4 Å². The van der Waals surface area contributed by atoms with E-state index in [1.54, 1.807) is 10.9 Å². The number of allylic oxidation sites excluding steroid dienone is 4. The van der Waals surface area contributed by atoms with Crippen LogP contribution in [0, 0.1) is 5.41 Å². The Morgan fingerprint density at radius 3 is 2.59 bits per heavy atom. The number of aliphatic hydroxyl groups is 3. The molecule has 1 aliphatic heterocycles. The van der Waals surface area contributed by atoms with Crippen molar-refractivity contribution in [1.82, 2.24) is 19.1 Å². The highest BCUT2D eigenvalue weighted by Crippen LogP contribution is 2.30. The third-order valence-corrected chi connectivity index (χ3v) is 5.12. The first-order valence-corrected chi connectivity index (χ1v) is 9.71. The lowest BCUT2D eigenvalue weighted by Crippen LogP contribution is -2.33. The molecule has 0 saturated carbocycles. The van der Waals surface area contributed by atoms with Gasteiger partial charge in [0.05, 0.1) is 19.3 Å². The summed E-state index contributed by atoms with van der Waals surface area (Å²) in [6, 6.07) is 0. The molecule has 0 aliphatic carbocycles. The number of hydrogen-bond donors (Lipinski definition) is 4. The first kappa shape index (κ1) is 21.4. The van der Waals surface area contributed by atoms with Crippen molar-refractivity contribution >= 4 is 11.2 Å². The molecule has 3 heterocycles. The summed E-state index contributed by atoms with van der Waals surface area (Å²) in [5.74, 6) is 0. The van der Waals surface area contributed by atoms with Crippen LogP contribution in [0.2, 0.25) is 0 Å². The van der Waals surface area contributed by atoms with Gasteiger partial charge in [-0.25, -0.2) is 9.97 Å². The van der Waals surface area contributed by atoms with E-state index in [2.05, 4.69) is 42.9 Å². The Morgan fingerprint density at radius 1 is 1.17 bits per heavy atom. The molecule has 1 fully saturated rings. The minimum Gasteiger partial charge on any atom is -0.394 e. The highest BCUT2D eigenvalue weighted by atomic mass is 16.6. The minimum absolute atomic E-state index is 0.203. The SMILES string of the molecule is CC(C)=CCC/C(C)=C/Cn1cnc2c(ncn2[C@@H]2O[C@H](CO)[C@@H](O)[C@H]2O)c1=N. The zero-order valence-electron chi connectivity index (χ0n) is 17.0. The van der Waals surface area contributed by atoms with Gasteiger partial charge >= 0.3 is 0 Å². The molecule has 158 valence electrons. The summed E-state index contributed by atoms with van der Waals surface area (Å²) >= 11 is 0. The second kappa shape index (κ2) is 9.00. The number of rotatable bonds is 7. The van der Waals surface area contributed by atoms with Crippen molar-refractivity contribution in [1.29, 1.82) is 5.41 Å². The van der Waals surface area contributed by atoms with E-state index in [0.29, 0.717) is 17.7 Å². The van der Waals surface area contributed by atoms with Crippen molar-refractivity contribution < 1.29 is 20.1 Å². The molecule has 4 N–H and O–H groups in total. The fraction of sp³-hybridized carbons (Fsp3) is 0.550. The maximum Gasteiger partial charge on any atom is 0.167 e. The number of aromatic nitrogens is 4. The van der Waals surface area contributed by atoms with Crippen LogP contribution in [0.25, 0.3) is 11.2 Å². The maximum atomic E-state index is 10.2. The van der Waals surface area contributed by atoms with Crippen LogP contribution in [0.1, 0.15) is 39.8 Å². The van der Waals surface area contributed by atoms with Crippen LogP contribution in [0.5, 0.6) is 0 Å². The Balaban J connectivity index is 1.80. The van der Waals surface area contributed by atoms with E-state index in [9.17, 15) is 15.3 Å². The second-order valence-corrected chi connectivity index (χ2v) is 7.67. The number of ether oxygens (including phenoxy) is 1. The van der Waals surface area contributed by atoms with Crippen LogP contribution >= 0.6 is 0 Å². The summed E-state index contributed by atoms with van der Waals surface area (Å²) in [5.41, 5.74) is 3.51. The average Bonchev–Trinajstić information content (AvgIpc) is 3.23. The molecule has 0 aromatic carbocycles. The first-order valence-electron chi connectivity index (χ1n) is 9.71. The molecule has 0 spiro atoms. The molecule has 2 aromatic heterocycles. The summed E-state index contributed by atoms with van der Waals surface area (Å²) in [5, 5.41) is 37.9. The molecule has 0 bridgehead atoms. The van der Waals surface area contributed by atoms with E-state index in [-0.39, 0.29) is 5.49 Å². The Bertz CT molecular complexity index is 973. The molecular formula is C20H29N5O4. The quantitative estimate of drug-likeness (QED) is 0.511. The molecule has 3 rings (SSSR count). The van der Waals surface area contributed by atoms with Gasteiger partial charge in [0.15, 0.2) is 17.4 Å². The van der Waals surface area contributed by atoms with Crippen LogP contribution < -0.4 is 5.49 Å². The van der Waals surface area contributed by atoms with Crippen LogP contribution in [0.3, 0.4) is 0 Å². The predicted molar refractivity (Wildman–Crippen MR) is 107 cm³/mol. The molecule has 0 radical (unpaired) electrons. The van der Waals surface area contributed by atoms with Gasteiger partial charge in [0.25, 0.3) is 0 Å². The third kappa shape index (κ3) is 4.48. The summed E-state index contributed by atoms with van der Waals surface area (Å²) in [7, 11) is 0. The fourth-order valence-electron chi connectivity index (χ4n) is 3.35. The highest BCUT2D eigenvalue weighted by Gasteiger charge is 2.43. The zero-order valence-corrected chi connectivity index (χ0v) is 17.0. The van der Waals surface area contributed by atoms with Crippen LogP contribution in [0.15, 0.2) is 36.0 Å². The van der Waals surface area contributed by atoms with Gasteiger partial charge < -0.3 is 24.6 Å². The normalized spacial score (nSPS) is 25.0.